The molecule has 2 saturated carbocycles. The minimum absolute atomic E-state index is 0.0368. The quantitative estimate of drug-likeness (QED) is 0.609. The number of aromatic amines is 1. The minimum Gasteiger partial charge on any atom is -0.446 e. The van der Waals surface area contributed by atoms with Crippen LogP contribution in [0.15, 0.2) is 30.5 Å². The Morgan fingerprint density at radius 1 is 1.34 bits per heavy atom. The number of anilines is 2. The van der Waals surface area contributed by atoms with E-state index in [0.29, 0.717) is 5.92 Å². The lowest BCUT2D eigenvalue weighted by Crippen LogP contribution is -2.36. The van der Waals surface area contributed by atoms with Gasteiger partial charge in [0, 0.05) is 35.7 Å². The number of carbonyl (C=O) groups excluding carboxylic acids is 1. The number of nitrogens with zero attached hydrogens (tertiary/aromatic N) is 3. The van der Waals surface area contributed by atoms with Crippen LogP contribution in [0.3, 0.4) is 0 Å². The van der Waals surface area contributed by atoms with Crippen molar-refractivity contribution in [3.8, 4) is 0 Å². The van der Waals surface area contributed by atoms with Crippen molar-refractivity contribution in [3.63, 3.8) is 0 Å². The molecule has 1 aromatic carbocycles. The molecular weight excluding hydrogens is 368 g/mol. The Morgan fingerprint density at radius 2 is 2.21 bits per heavy atom. The van der Waals surface area contributed by atoms with Gasteiger partial charge in [-0.1, -0.05) is 12.1 Å². The Labute approximate surface area is 169 Å². The molecule has 8 nitrogen and oxygen atoms in total. The number of alkyl carbamates (subject to hydrolysis) is 1. The number of ether oxygens (including phenoxy) is 1. The number of carbonyl (C=O) groups is 1. The normalized spacial score (nSPS) is 22.6. The molecule has 0 bridgehead atoms. The van der Waals surface area contributed by atoms with E-state index >= 15 is 0 Å². The number of hydrogen-bond acceptors (Lipinski definition) is 5. The van der Waals surface area contributed by atoms with Gasteiger partial charge in [-0.05, 0) is 45.1 Å². The summed E-state index contributed by atoms with van der Waals surface area (Å²) in [4.78, 5) is 12.0. The Bertz CT molecular complexity index is 1050. The average Bonchev–Trinajstić information content (AvgIpc) is 3.10. The summed E-state index contributed by atoms with van der Waals surface area (Å²) in [6.45, 7) is 2.05. The predicted octanol–water partition coefficient (Wildman–Crippen LogP) is 3.95. The fourth-order valence-corrected chi connectivity index (χ4v) is 4.15. The summed E-state index contributed by atoms with van der Waals surface area (Å²) < 4.78 is 7.48. The van der Waals surface area contributed by atoms with Gasteiger partial charge in [0.05, 0.1) is 17.4 Å². The van der Waals surface area contributed by atoms with Crippen LogP contribution in [0.25, 0.3) is 10.9 Å². The molecule has 2 heterocycles. The molecule has 1 amide bonds. The molecule has 2 aromatic heterocycles. The topological polar surface area (TPSA) is 96.9 Å². The van der Waals surface area contributed by atoms with Crippen molar-refractivity contribution < 1.29 is 9.53 Å². The van der Waals surface area contributed by atoms with E-state index in [9.17, 15) is 4.79 Å². The fourth-order valence-electron chi connectivity index (χ4n) is 4.15. The van der Waals surface area contributed by atoms with Crippen molar-refractivity contribution in [1.82, 2.24) is 25.3 Å². The Kier molecular flexibility index (Phi) is 4.22. The first-order valence-corrected chi connectivity index (χ1v) is 10.2. The first-order valence-electron chi connectivity index (χ1n) is 10.2. The van der Waals surface area contributed by atoms with Gasteiger partial charge in [0.2, 0.25) is 0 Å². The van der Waals surface area contributed by atoms with Crippen LogP contribution in [0.1, 0.15) is 50.6 Å². The smallest absolute Gasteiger partial charge is 0.407 e. The zero-order valence-electron chi connectivity index (χ0n) is 16.7. The molecule has 0 spiro atoms. The van der Waals surface area contributed by atoms with E-state index in [4.69, 9.17) is 4.74 Å². The molecule has 0 radical (unpaired) electrons. The molecule has 8 heteroatoms. The van der Waals surface area contributed by atoms with Crippen LogP contribution >= 0.6 is 0 Å². The van der Waals surface area contributed by atoms with Gasteiger partial charge < -0.3 is 15.4 Å². The van der Waals surface area contributed by atoms with Crippen LogP contribution in [0, 0.1) is 0 Å². The second kappa shape index (κ2) is 6.79. The fraction of sp³-hybridized carbons (Fsp3) is 0.476. The molecule has 3 aromatic rings. The number of hydrogen-bond donors (Lipinski definition) is 3. The lowest BCUT2D eigenvalue weighted by atomic mass is 10.0. The number of nitrogens with one attached hydrogen (secondary N) is 3. The van der Waals surface area contributed by atoms with Crippen molar-refractivity contribution in [3.05, 3.63) is 36.2 Å². The van der Waals surface area contributed by atoms with Crippen LogP contribution in [0.4, 0.5) is 16.3 Å². The van der Waals surface area contributed by atoms with Crippen LogP contribution in [0.5, 0.6) is 0 Å². The van der Waals surface area contributed by atoms with Gasteiger partial charge >= 0.3 is 6.09 Å². The van der Waals surface area contributed by atoms with Crippen LogP contribution in [0.2, 0.25) is 0 Å². The molecule has 2 aliphatic carbocycles. The molecule has 3 N–H and O–H groups in total. The van der Waals surface area contributed by atoms with E-state index in [0.717, 1.165) is 60.2 Å². The van der Waals surface area contributed by atoms with Gasteiger partial charge in [-0.3, -0.25) is 9.78 Å². The highest BCUT2D eigenvalue weighted by atomic mass is 16.6. The second-order valence-electron chi connectivity index (χ2n) is 8.57. The average molecular weight is 394 g/mol. The molecule has 2 aliphatic rings. The number of H-pyrrole nitrogens is 1. The Hall–Kier alpha value is -3.03. The van der Waals surface area contributed by atoms with E-state index in [2.05, 4.69) is 32.9 Å². The predicted molar refractivity (Wildman–Crippen MR) is 110 cm³/mol. The molecule has 152 valence electrons. The maximum Gasteiger partial charge on any atom is 0.407 e. The SMILES string of the molecule is Cn1ncc2cccc(Nc3cc([C@H]4CC[C@@H](OC(=O)NC5(C)CC5)C4)[nH]n3)c21. The van der Waals surface area contributed by atoms with Crippen molar-refractivity contribution in [1.29, 1.82) is 0 Å². The third-order valence-electron chi connectivity index (χ3n) is 6.12. The van der Waals surface area contributed by atoms with E-state index in [1.165, 1.54) is 0 Å². The number of fused-ring (bicyclic) bond motifs is 1. The van der Waals surface area contributed by atoms with Crippen LogP contribution < -0.4 is 10.6 Å². The molecule has 29 heavy (non-hydrogen) atoms. The maximum atomic E-state index is 12.0. The standard InChI is InChI=1S/C21H26N6O2/c1-21(8-9-21)24-20(28)29-15-7-6-13(10-15)17-11-18(26-25-17)23-16-5-3-4-14-12-22-27(2)19(14)16/h3-5,11-13,15H,6-10H2,1-2H3,(H,24,28)(H2,23,25,26)/t13-,15+/m0/s1. The summed E-state index contributed by atoms with van der Waals surface area (Å²) in [5, 5.41) is 19.4. The zero-order chi connectivity index (χ0) is 20.0. The number of benzene rings is 1. The summed E-state index contributed by atoms with van der Waals surface area (Å²) in [5.74, 6) is 1.09. The van der Waals surface area contributed by atoms with Gasteiger partial charge in [-0.25, -0.2) is 4.79 Å². The van der Waals surface area contributed by atoms with Crippen molar-refractivity contribution in [2.24, 2.45) is 7.05 Å². The monoisotopic (exact) mass is 394 g/mol. The third kappa shape index (κ3) is 3.66. The van der Waals surface area contributed by atoms with E-state index in [1.54, 1.807) is 0 Å². The number of amides is 1. The van der Waals surface area contributed by atoms with Gasteiger partial charge in [0.25, 0.3) is 0 Å². The summed E-state index contributed by atoms with van der Waals surface area (Å²) in [6.07, 6.45) is 6.28. The molecule has 2 fully saturated rings. The van der Waals surface area contributed by atoms with Gasteiger partial charge in [-0.2, -0.15) is 10.2 Å². The van der Waals surface area contributed by atoms with E-state index in [-0.39, 0.29) is 17.7 Å². The minimum atomic E-state index is -0.285. The summed E-state index contributed by atoms with van der Waals surface area (Å²) in [6, 6.07) is 8.12. The lowest BCUT2D eigenvalue weighted by molar-refractivity contribution is 0.0967. The molecule has 0 unspecified atom stereocenters. The molecule has 0 saturated heterocycles. The summed E-state index contributed by atoms with van der Waals surface area (Å²) >= 11 is 0. The van der Waals surface area contributed by atoms with Gasteiger partial charge in [-0.15, -0.1) is 0 Å². The molecule has 2 atom stereocenters. The lowest BCUT2D eigenvalue weighted by Gasteiger charge is -2.16. The first kappa shape index (κ1) is 18.0. The molecular formula is C21H26N6O2. The van der Waals surface area contributed by atoms with Gasteiger partial charge in [0.1, 0.15) is 6.10 Å². The van der Waals surface area contributed by atoms with Crippen molar-refractivity contribution in [2.45, 2.75) is 56.6 Å². The van der Waals surface area contributed by atoms with Gasteiger partial charge in [0.15, 0.2) is 5.82 Å². The number of aryl methyl sites for hydroxylation is 1. The van der Waals surface area contributed by atoms with E-state index < -0.39 is 0 Å². The number of para-hydroxylation sites is 1. The third-order valence-corrected chi connectivity index (χ3v) is 6.12. The molecule has 5 rings (SSSR count). The van der Waals surface area contributed by atoms with Crippen LogP contribution in [-0.2, 0) is 11.8 Å². The first-order chi connectivity index (χ1) is 14.0. The van der Waals surface area contributed by atoms with Crippen LogP contribution in [-0.4, -0.2) is 37.7 Å². The largest absolute Gasteiger partial charge is 0.446 e. The number of rotatable bonds is 5. The Morgan fingerprint density at radius 3 is 3.03 bits per heavy atom. The highest BCUT2D eigenvalue weighted by molar-refractivity contribution is 5.92. The second-order valence-corrected chi connectivity index (χ2v) is 8.57. The summed E-state index contributed by atoms with van der Waals surface area (Å²) in [7, 11) is 1.93. The molecule has 0 aliphatic heterocycles. The zero-order valence-corrected chi connectivity index (χ0v) is 16.7. The van der Waals surface area contributed by atoms with Crippen molar-refractivity contribution >= 4 is 28.5 Å². The number of aromatic nitrogens is 4. The summed E-state index contributed by atoms with van der Waals surface area (Å²) in [5.41, 5.74) is 3.04. The Balaban J connectivity index is 1.22. The van der Waals surface area contributed by atoms with E-state index in [1.807, 2.05) is 42.2 Å². The van der Waals surface area contributed by atoms with Crippen molar-refractivity contribution in [2.75, 3.05) is 5.32 Å². The maximum absolute atomic E-state index is 12.0. The highest BCUT2D eigenvalue weighted by Gasteiger charge is 2.40. The highest BCUT2D eigenvalue weighted by Crippen LogP contribution is 2.37.